The Kier molecular flexibility index (Phi) is 5.40. The third-order valence-electron chi connectivity index (χ3n) is 3.48. The summed E-state index contributed by atoms with van der Waals surface area (Å²) < 4.78 is 5.47. The molecule has 0 aliphatic carbocycles. The number of piperazine rings is 1. The van der Waals surface area contributed by atoms with Crippen LogP contribution in [-0.4, -0.2) is 61.6 Å². The fourth-order valence-electron chi connectivity index (χ4n) is 2.30. The van der Waals surface area contributed by atoms with Gasteiger partial charge in [0.1, 0.15) is 6.10 Å². The summed E-state index contributed by atoms with van der Waals surface area (Å²) in [5, 5.41) is 0.547. The summed E-state index contributed by atoms with van der Waals surface area (Å²) >= 11 is 5.87. The van der Waals surface area contributed by atoms with Gasteiger partial charge in [0.05, 0.1) is 5.56 Å². The average molecular weight is 297 g/mol. The first-order valence-corrected chi connectivity index (χ1v) is 7.30. The van der Waals surface area contributed by atoms with Crippen LogP contribution in [-0.2, 0) is 4.74 Å². The first-order chi connectivity index (χ1) is 9.54. The van der Waals surface area contributed by atoms with Gasteiger partial charge in [-0.2, -0.15) is 0 Å². The van der Waals surface area contributed by atoms with E-state index in [9.17, 15) is 4.79 Å². The van der Waals surface area contributed by atoms with Gasteiger partial charge in [0.25, 0.3) is 0 Å². The molecule has 1 aromatic rings. The number of carbonyl (C=O) groups is 1. The van der Waals surface area contributed by atoms with Crippen LogP contribution in [0.25, 0.3) is 0 Å². The summed E-state index contributed by atoms with van der Waals surface area (Å²) in [6, 6.07) is 6.85. The minimum atomic E-state index is -0.311. The molecule has 110 valence electrons. The molecule has 1 aliphatic heterocycles. The van der Waals surface area contributed by atoms with Crippen molar-refractivity contribution in [3.8, 4) is 0 Å². The Morgan fingerprint density at radius 3 is 2.70 bits per heavy atom. The second-order valence-corrected chi connectivity index (χ2v) is 5.77. The number of hydrogen-bond donors (Lipinski definition) is 0. The number of halogens is 1. The predicted molar refractivity (Wildman–Crippen MR) is 80.3 cm³/mol. The molecule has 1 heterocycles. The number of rotatable bonds is 4. The molecule has 0 unspecified atom stereocenters. The zero-order valence-electron chi connectivity index (χ0n) is 12.0. The molecule has 1 saturated heterocycles. The lowest BCUT2D eigenvalue weighted by molar-refractivity contribution is 0.0207. The third kappa shape index (κ3) is 4.47. The summed E-state index contributed by atoms with van der Waals surface area (Å²) in [5.41, 5.74) is 0.503. The molecule has 0 bridgehead atoms. The van der Waals surface area contributed by atoms with Gasteiger partial charge in [0.2, 0.25) is 0 Å². The Hall–Kier alpha value is -1.10. The number of benzene rings is 1. The lowest BCUT2D eigenvalue weighted by atomic mass is 10.2. The minimum absolute atomic E-state index is 0.120. The van der Waals surface area contributed by atoms with Crippen LogP contribution in [0.2, 0.25) is 5.02 Å². The van der Waals surface area contributed by atoms with Gasteiger partial charge in [0.15, 0.2) is 0 Å². The third-order valence-corrected chi connectivity index (χ3v) is 3.71. The van der Waals surface area contributed by atoms with Crippen molar-refractivity contribution in [2.75, 3.05) is 39.8 Å². The van der Waals surface area contributed by atoms with E-state index in [0.29, 0.717) is 10.6 Å². The second kappa shape index (κ2) is 7.07. The van der Waals surface area contributed by atoms with Crippen molar-refractivity contribution < 1.29 is 9.53 Å². The number of ether oxygens (including phenoxy) is 1. The van der Waals surface area contributed by atoms with Crippen LogP contribution >= 0.6 is 11.6 Å². The first kappa shape index (κ1) is 15.3. The van der Waals surface area contributed by atoms with Crippen LogP contribution < -0.4 is 0 Å². The molecule has 1 aliphatic rings. The van der Waals surface area contributed by atoms with Gasteiger partial charge in [-0.05, 0) is 32.2 Å². The fraction of sp³-hybridized carbons (Fsp3) is 0.533. The van der Waals surface area contributed by atoms with Crippen LogP contribution in [0.5, 0.6) is 0 Å². The Bertz CT molecular complexity index is 459. The maximum Gasteiger partial charge on any atom is 0.338 e. The van der Waals surface area contributed by atoms with Crippen LogP contribution in [0.1, 0.15) is 17.3 Å². The molecule has 1 atom stereocenters. The van der Waals surface area contributed by atoms with Gasteiger partial charge in [-0.15, -0.1) is 0 Å². The Morgan fingerprint density at radius 1 is 1.35 bits per heavy atom. The van der Waals surface area contributed by atoms with E-state index >= 15 is 0 Å². The summed E-state index contributed by atoms with van der Waals surface area (Å²) in [7, 11) is 2.12. The van der Waals surface area contributed by atoms with E-state index in [1.54, 1.807) is 24.3 Å². The standard InChI is InChI=1S/C15H21ClN2O2/c1-12(11-18-8-6-17(2)7-9-18)20-15(19)13-4-3-5-14(16)10-13/h3-5,10,12H,6-9,11H2,1-2H3/t12-/m1/s1. The van der Waals surface area contributed by atoms with E-state index < -0.39 is 0 Å². The zero-order valence-corrected chi connectivity index (χ0v) is 12.8. The Morgan fingerprint density at radius 2 is 2.05 bits per heavy atom. The first-order valence-electron chi connectivity index (χ1n) is 6.92. The molecule has 1 fully saturated rings. The Labute approximate surface area is 125 Å². The highest BCUT2D eigenvalue weighted by Crippen LogP contribution is 2.13. The highest BCUT2D eigenvalue weighted by Gasteiger charge is 2.18. The average Bonchev–Trinajstić information content (AvgIpc) is 2.41. The van der Waals surface area contributed by atoms with Crippen molar-refractivity contribution >= 4 is 17.6 Å². The van der Waals surface area contributed by atoms with E-state index in [2.05, 4.69) is 16.8 Å². The highest BCUT2D eigenvalue weighted by molar-refractivity contribution is 6.30. The minimum Gasteiger partial charge on any atom is -0.458 e. The second-order valence-electron chi connectivity index (χ2n) is 5.33. The van der Waals surface area contributed by atoms with E-state index in [4.69, 9.17) is 16.3 Å². The number of likely N-dealkylation sites (N-methyl/N-ethyl adjacent to an activating group) is 1. The topological polar surface area (TPSA) is 32.8 Å². The van der Waals surface area contributed by atoms with Crippen LogP contribution in [0.3, 0.4) is 0 Å². The molecule has 0 amide bonds. The summed E-state index contributed by atoms with van der Waals surface area (Å²) in [5.74, 6) is -0.311. The molecule has 0 spiro atoms. The van der Waals surface area contributed by atoms with Gasteiger partial charge in [-0.3, -0.25) is 4.90 Å². The summed E-state index contributed by atoms with van der Waals surface area (Å²) in [4.78, 5) is 16.6. The quantitative estimate of drug-likeness (QED) is 0.797. The number of hydrogen-bond acceptors (Lipinski definition) is 4. The van der Waals surface area contributed by atoms with Crippen molar-refractivity contribution in [1.29, 1.82) is 0 Å². The molecule has 20 heavy (non-hydrogen) atoms. The lowest BCUT2D eigenvalue weighted by Crippen LogP contribution is -2.47. The monoisotopic (exact) mass is 296 g/mol. The largest absolute Gasteiger partial charge is 0.458 e. The van der Waals surface area contributed by atoms with Crippen molar-refractivity contribution in [2.24, 2.45) is 0 Å². The smallest absolute Gasteiger partial charge is 0.338 e. The number of nitrogens with zero attached hydrogens (tertiary/aromatic N) is 2. The molecule has 0 N–H and O–H groups in total. The zero-order chi connectivity index (χ0) is 14.5. The number of esters is 1. The molecule has 5 heteroatoms. The fourth-order valence-corrected chi connectivity index (χ4v) is 2.49. The maximum atomic E-state index is 12.0. The van der Waals surface area contributed by atoms with Crippen molar-refractivity contribution in [1.82, 2.24) is 9.80 Å². The van der Waals surface area contributed by atoms with E-state index in [0.717, 1.165) is 32.7 Å². The highest BCUT2D eigenvalue weighted by atomic mass is 35.5. The van der Waals surface area contributed by atoms with E-state index in [1.807, 2.05) is 6.92 Å². The van der Waals surface area contributed by atoms with Crippen LogP contribution in [0.15, 0.2) is 24.3 Å². The van der Waals surface area contributed by atoms with Gasteiger partial charge in [0, 0.05) is 37.7 Å². The molecular weight excluding hydrogens is 276 g/mol. The van der Waals surface area contributed by atoms with Gasteiger partial charge in [-0.1, -0.05) is 17.7 Å². The van der Waals surface area contributed by atoms with Gasteiger partial charge < -0.3 is 9.64 Å². The van der Waals surface area contributed by atoms with Gasteiger partial charge in [-0.25, -0.2) is 4.79 Å². The summed E-state index contributed by atoms with van der Waals surface area (Å²) in [6.07, 6.45) is -0.120. The molecule has 2 rings (SSSR count). The van der Waals surface area contributed by atoms with Gasteiger partial charge >= 0.3 is 5.97 Å². The predicted octanol–water partition coefficient (Wildman–Crippen LogP) is 2.13. The Balaban J connectivity index is 1.82. The molecular formula is C15H21ClN2O2. The van der Waals surface area contributed by atoms with E-state index in [1.165, 1.54) is 0 Å². The van der Waals surface area contributed by atoms with Crippen molar-refractivity contribution in [3.63, 3.8) is 0 Å². The van der Waals surface area contributed by atoms with Crippen LogP contribution in [0.4, 0.5) is 0 Å². The SMILES string of the molecule is C[C@H](CN1CCN(C)CC1)OC(=O)c1cccc(Cl)c1. The molecule has 1 aromatic carbocycles. The molecule has 0 aromatic heterocycles. The molecule has 0 radical (unpaired) electrons. The van der Waals surface area contributed by atoms with Crippen molar-refractivity contribution in [3.05, 3.63) is 34.9 Å². The maximum absolute atomic E-state index is 12.0. The van der Waals surface area contributed by atoms with Crippen LogP contribution in [0, 0.1) is 0 Å². The van der Waals surface area contributed by atoms with E-state index in [-0.39, 0.29) is 12.1 Å². The molecule has 4 nitrogen and oxygen atoms in total. The molecule has 0 saturated carbocycles. The van der Waals surface area contributed by atoms with Crippen molar-refractivity contribution in [2.45, 2.75) is 13.0 Å². The number of carbonyl (C=O) groups excluding carboxylic acids is 1. The summed E-state index contributed by atoms with van der Waals surface area (Å²) in [6.45, 7) is 6.88. The normalized spacial score (nSPS) is 18.8. The lowest BCUT2D eigenvalue weighted by Gasteiger charge is -2.33.